The molecule has 0 bridgehead atoms. The van der Waals surface area contributed by atoms with Crippen molar-refractivity contribution in [3.05, 3.63) is 60.2 Å². The molecule has 2 aliphatic rings. The van der Waals surface area contributed by atoms with Crippen LogP contribution in [0.5, 0.6) is 0 Å². The maximum atomic E-state index is 13.6. The van der Waals surface area contributed by atoms with Gasteiger partial charge in [0.05, 0.1) is 23.3 Å². The van der Waals surface area contributed by atoms with Crippen LogP contribution in [0.1, 0.15) is 45.1 Å². The summed E-state index contributed by atoms with van der Waals surface area (Å²) in [6.07, 6.45) is 3.39. The van der Waals surface area contributed by atoms with Crippen LogP contribution in [0, 0.1) is 18.8 Å². The number of aryl methyl sites for hydroxylation is 1. The van der Waals surface area contributed by atoms with Gasteiger partial charge in [-0.15, -0.1) is 0 Å². The first-order chi connectivity index (χ1) is 14.6. The minimum absolute atomic E-state index is 0.146. The number of anilines is 2. The fraction of sp³-hybridized carbons (Fsp3) is 0.440. The summed E-state index contributed by atoms with van der Waals surface area (Å²) in [5.74, 6) is -0.620. The molecule has 158 valence electrons. The highest BCUT2D eigenvalue weighted by Gasteiger charge is 2.61. The Balaban J connectivity index is 1.71. The summed E-state index contributed by atoms with van der Waals surface area (Å²) in [6, 6.07) is 17.2. The molecule has 0 spiro atoms. The van der Waals surface area contributed by atoms with E-state index in [4.69, 9.17) is 4.84 Å². The van der Waals surface area contributed by atoms with E-state index in [1.807, 2.05) is 66.6 Å². The summed E-state index contributed by atoms with van der Waals surface area (Å²) >= 11 is 0. The number of carbonyl (C=O) groups is 2. The summed E-state index contributed by atoms with van der Waals surface area (Å²) in [7, 11) is 0. The van der Waals surface area contributed by atoms with Crippen molar-refractivity contribution in [2.24, 2.45) is 11.8 Å². The third kappa shape index (κ3) is 3.52. The lowest BCUT2D eigenvalue weighted by atomic mass is 9.82. The molecule has 5 nitrogen and oxygen atoms in total. The summed E-state index contributed by atoms with van der Waals surface area (Å²) in [5.41, 5.74) is 2.61. The summed E-state index contributed by atoms with van der Waals surface area (Å²) < 4.78 is 0. The van der Waals surface area contributed by atoms with Crippen LogP contribution < -0.4 is 9.96 Å². The van der Waals surface area contributed by atoms with Gasteiger partial charge in [0.25, 0.3) is 5.91 Å². The minimum atomic E-state index is -0.764. The zero-order chi connectivity index (χ0) is 21.3. The highest BCUT2D eigenvalue weighted by Crippen LogP contribution is 2.44. The third-order valence-corrected chi connectivity index (χ3v) is 6.40. The number of benzene rings is 2. The van der Waals surface area contributed by atoms with Gasteiger partial charge >= 0.3 is 0 Å². The molecule has 30 heavy (non-hydrogen) atoms. The van der Waals surface area contributed by atoms with E-state index in [1.165, 1.54) is 4.90 Å². The van der Waals surface area contributed by atoms with Gasteiger partial charge in [0.15, 0.2) is 6.10 Å². The van der Waals surface area contributed by atoms with Crippen LogP contribution in [0.3, 0.4) is 0 Å². The van der Waals surface area contributed by atoms with E-state index < -0.39 is 12.0 Å². The molecule has 2 aromatic carbocycles. The zero-order valence-corrected chi connectivity index (χ0v) is 18.0. The van der Waals surface area contributed by atoms with Gasteiger partial charge in [0, 0.05) is 0 Å². The molecule has 2 fully saturated rings. The van der Waals surface area contributed by atoms with E-state index in [9.17, 15) is 9.59 Å². The molecular weight excluding hydrogens is 376 g/mol. The average molecular weight is 407 g/mol. The highest BCUT2D eigenvalue weighted by atomic mass is 16.7. The number of hydrogen-bond acceptors (Lipinski definition) is 4. The largest absolute Gasteiger partial charge is 0.273 e. The van der Waals surface area contributed by atoms with Crippen molar-refractivity contribution >= 4 is 23.2 Å². The lowest BCUT2D eigenvalue weighted by Crippen LogP contribution is -2.44. The van der Waals surface area contributed by atoms with E-state index >= 15 is 0 Å². The maximum absolute atomic E-state index is 13.6. The number of imide groups is 1. The molecule has 2 heterocycles. The molecule has 5 heteroatoms. The van der Waals surface area contributed by atoms with Crippen LogP contribution in [0.25, 0.3) is 0 Å². The lowest BCUT2D eigenvalue weighted by Gasteiger charge is -2.33. The maximum Gasteiger partial charge on any atom is 0.266 e. The van der Waals surface area contributed by atoms with Crippen molar-refractivity contribution in [1.29, 1.82) is 0 Å². The normalized spacial score (nSPS) is 24.4. The summed E-state index contributed by atoms with van der Waals surface area (Å²) in [6.45, 7) is 6.33. The molecule has 2 aromatic rings. The van der Waals surface area contributed by atoms with Crippen molar-refractivity contribution in [2.45, 2.75) is 58.6 Å². The minimum Gasteiger partial charge on any atom is -0.273 e. The first-order valence-corrected chi connectivity index (χ1v) is 11.0. The molecule has 0 aliphatic carbocycles. The number of hydrogen-bond donors (Lipinski definition) is 0. The van der Waals surface area contributed by atoms with Crippen molar-refractivity contribution in [3.8, 4) is 0 Å². The van der Waals surface area contributed by atoms with Gasteiger partial charge < -0.3 is 0 Å². The van der Waals surface area contributed by atoms with Gasteiger partial charge in [-0.1, -0.05) is 69.0 Å². The molecule has 0 unspecified atom stereocenters. The number of amides is 2. The van der Waals surface area contributed by atoms with Crippen LogP contribution in [0.2, 0.25) is 0 Å². The number of unbranched alkanes of at least 4 members (excludes halogenated alkanes) is 1. The SMILES string of the molecule is CCCC[C@@H](CC)[C@H]1[C@H]2C(=O)N(c3ccc(C)cc3)C(=O)[C@@H]2ON1c1ccccc1. The van der Waals surface area contributed by atoms with Crippen molar-refractivity contribution < 1.29 is 14.4 Å². The standard InChI is InChI=1S/C25H30N2O3/c1-4-6-10-18(5-2)22-21-23(30-27(22)20-11-8-7-9-12-20)25(29)26(24(21)28)19-15-13-17(3)14-16-19/h7-9,11-16,18,21-23H,4-6,10H2,1-3H3/t18-,21-,22+,23-/m1/s1. The second kappa shape index (κ2) is 8.60. The second-order valence-corrected chi connectivity index (χ2v) is 8.36. The van der Waals surface area contributed by atoms with E-state index in [1.54, 1.807) is 0 Å². The molecule has 2 amide bonds. The Hall–Kier alpha value is -2.66. The first kappa shape index (κ1) is 20.6. The third-order valence-electron chi connectivity index (χ3n) is 6.40. The van der Waals surface area contributed by atoms with Gasteiger partial charge in [-0.2, -0.15) is 0 Å². The van der Waals surface area contributed by atoms with Crippen LogP contribution in [0.15, 0.2) is 54.6 Å². The van der Waals surface area contributed by atoms with Crippen LogP contribution in [-0.2, 0) is 14.4 Å². The quantitative estimate of drug-likeness (QED) is 0.614. The molecule has 2 saturated heterocycles. The zero-order valence-electron chi connectivity index (χ0n) is 18.0. The van der Waals surface area contributed by atoms with Gasteiger partial charge in [0.1, 0.15) is 0 Å². The Morgan fingerprint density at radius 2 is 1.63 bits per heavy atom. The predicted molar refractivity (Wildman–Crippen MR) is 118 cm³/mol. The van der Waals surface area contributed by atoms with Crippen molar-refractivity contribution in [3.63, 3.8) is 0 Å². The number of nitrogens with zero attached hydrogens (tertiary/aromatic N) is 2. The Labute approximate surface area is 178 Å². The lowest BCUT2D eigenvalue weighted by molar-refractivity contribution is -0.126. The smallest absolute Gasteiger partial charge is 0.266 e. The molecule has 4 rings (SSSR count). The molecule has 0 saturated carbocycles. The van der Waals surface area contributed by atoms with E-state index in [-0.39, 0.29) is 23.8 Å². The monoisotopic (exact) mass is 406 g/mol. The van der Waals surface area contributed by atoms with Crippen LogP contribution in [-0.4, -0.2) is 24.0 Å². The second-order valence-electron chi connectivity index (χ2n) is 8.36. The molecule has 0 radical (unpaired) electrons. The molecule has 0 aromatic heterocycles. The molecule has 2 aliphatic heterocycles. The van der Waals surface area contributed by atoms with Crippen LogP contribution in [0.4, 0.5) is 11.4 Å². The highest BCUT2D eigenvalue weighted by molar-refractivity contribution is 6.23. The van der Waals surface area contributed by atoms with Crippen LogP contribution >= 0.6 is 0 Å². The van der Waals surface area contributed by atoms with Gasteiger partial charge in [-0.05, 0) is 43.5 Å². The molecular formula is C25H30N2O3. The fourth-order valence-corrected chi connectivity index (χ4v) is 4.77. The fourth-order valence-electron chi connectivity index (χ4n) is 4.77. The van der Waals surface area contributed by atoms with E-state index in [0.717, 1.165) is 36.9 Å². The summed E-state index contributed by atoms with van der Waals surface area (Å²) in [5, 5.41) is 1.85. The van der Waals surface area contributed by atoms with Gasteiger partial charge in [0.2, 0.25) is 5.91 Å². The number of para-hydroxylation sites is 1. The average Bonchev–Trinajstić information content (AvgIpc) is 3.27. The number of rotatable bonds is 7. The summed E-state index contributed by atoms with van der Waals surface area (Å²) in [4.78, 5) is 34.4. The van der Waals surface area contributed by atoms with Gasteiger partial charge in [-0.25, -0.2) is 9.96 Å². The number of hydroxylamine groups is 1. The Morgan fingerprint density at radius 3 is 2.27 bits per heavy atom. The Morgan fingerprint density at radius 1 is 0.933 bits per heavy atom. The topological polar surface area (TPSA) is 49.9 Å². The molecule has 4 atom stereocenters. The van der Waals surface area contributed by atoms with Crippen molar-refractivity contribution in [2.75, 3.05) is 9.96 Å². The predicted octanol–water partition coefficient (Wildman–Crippen LogP) is 4.89. The number of fused-ring (bicyclic) bond motifs is 1. The van der Waals surface area contributed by atoms with Crippen molar-refractivity contribution in [1.82, 2.24) is 0 Å². The van der Waals surface area contributed by atoms with E-state index in [0.29, 0.717) is 5.69 Å². The van der Waals surface area contributed by atoms with E-state index in [2.05, 4.69) is 13.8 Å². The Kier molecular flexibility index (Phi) is 5.91. The number of carbonyl (C=O) groups excluding carboxylic acids is 2. The first-order valence-electron chi connectivity index (χ1n) is 11.0. The Bertz CT molecular complexity index is 896. The molecule has 0 N–H and O–H groups in total. The van der Waals surface area contributed by atoms with Gasteiger partial charge in [-0.3, -0.25) is 14.4 Å².